The van der Waals surface area contributed by atoms with E-state index < -0.39 is 29.5 Å². The zero-order valence-corrected chi connectivity index (χ0v) is 17.0. The minimum atomic E-state index is -1.12. The Balaban J connectivity index is 1.85. The molecule has 152 valence electrons. The zero-order chi connectivity index (χ0) is 21.2. The van der Waals surface area contributed by atoms with Crippen molar-refractivity contribution in [2.24, 2.45) is 0 Å². The van der Waals surface area contributed by atoms with Crippen LogP contribution in [-0.2, 0) is 23.9 Å². The molecule has 0 fully saturated rings. The summed E-state index contributed by atoms with van der Waals surface area (Å²) in [6.07, 6.45) is -0.300. The van der Waals surface area contributed by atoms with Gasteiger partial charge < -0.3 is 14.8 Å². The van der Waals surface area contributed by atoms with Gasteiger partial charge in [-0.15, -0.1) is 0 Å². The number of fused-ring (bicyclic) bond motifs is 3. The summed E-state index contributed by atoms with van der Waals surface area (Å²) in [5.74, 6) is -2.20. The third kappa shape index (κ3) is 4.47. The van der Waals surface area contributed by atoms with Gasteiger partial charge in [-0.05, 0) is 43.0 Å². The molecule has 0 aliphatic heterocycles. The van der Waals surface area contributed by atoms with Gasteiger partial charge in [0.1, 0.15) is 11.6 Å². The number of benzene rings is 2. The van der Waals surface area contributed by atoms with Gasteiger partial charge in [-0.1, -0.05) is 48.5 Å². The maximum absolute atomic E-state index is 13.2. The van der Waals surface area contributed by atoms with Gasteiger partial charge in [-0.3, -0.25) is 9.59 Å². The van der Waals surface area contributed by atoms with E-state index in [1.165, 1.54) is 7.11 Å². The van der Waals surface area contributed by atoms with Crippen LogP contribution in [0.5, 0.6) is 0 Å². The first-order valence-corrected chi connectivity index (χ1v) is 9.49. The van der Waals surface area contributed by atoms with Crippen LogP contribution in [0, 0.1) is 0 Å². The molecule has 6 heteroatoms. The smallest absolute Gasteiger partial charge is 0.328 e. The van der Waals surface area contributed by atoms with Gasteiger partial charge in [-0.25, -0.2) is 4.79 Å². The minimum absolute atomic E-state index is 0.300. The van der Waals surface area contributed by atoms with Gasteiger partial charge in [0.15, 0.2) is 0 Å². The Morgan fingerprint density at radius 1 is 0.966 bits per heavy atom. The van der Waals surface area contributed by atoms with Crippen LogP contribution in [0.25, 0.3) is 11.1 Å². The number of amides is 1. The summed E-state index contributed by atoms with van der Waals surface area (Å²) < 4.78 is 10.1. The zero-order valence-electron chi connectivity index (χ0n) is 17.0. The average Bonchev–Trinajstić information content (AvgIpc) is 3.00. The predicted octanol–water partition coefficient (Wildman–Crippen LogP) is 3.19. The standard InChI is InChI=1S/C23H25NO5/c1-23(2,3)29-19(25)13-18(22(27)28-4)24-21(26)20-16-11-7-5-9-14(16)15-10-6-8-12-17(15)20/h5-12,18,20H,13H2,1-4H3,(H,24,26)/t18-/m1/s1. The van der Waals surface area contributed by atoms with Crippen LogP contribution in [-0.4, -0.2) is 36.6 Å². The van der Waals surface area contributed by atoms with Crippen molar-refractivity contribution in [1.29, 1.82) is 0 Å². The molecular weight excluding hydrogens is 370 g/mol. The van der Waals surface area contributed by atoms with E-state index in [-0.39, 0.29) is 12.3 Å². The van der Waals surface area contributed by atoms with E-state index in [4.69, 9.17) is 9.47 Å². The van der Waals surface area contributed by atoms with Crippen LogP contribution in [0.1, 0.15) is 44.2 Å². The third-order valence-electron chi connectivity index (χ3n) is 4.69. The van der Waals surface area contributed by atoms with Gasteiger partial charge in [0.05, 0.1) is 19.4 Å². The monoisotopic (exact) mass is 395 g/mol. The summed E-state index contributed by atoms with van der Waals surface area (Å²) in [7, 11) is 1.22. The van der Waals surface area contributed by atoms with Crippen molar-refractivity contribution in [1.82, 2.24) is 5.32 Å². The summed E-state index contributed by atoms with van der Waals surface area (Å²) in [4.78, 5) is 37.6. The van der Waals surface area contributed by atoms with Crippen molar-refractivity contribution in [2.45, 2.75) is 44.8 Å². The normalized spacial score (nSPS) is 13.8. The average molecular weight is 395 g/mol. The Hall–Kier alpha value is -3.15. The lowest BCUT2D eigenvalue weighted by Crippen LogP contribution is -2.45. The molecule has 1 amide bonds. The number of hydrogen-bond acceptors (Lipinski definition) is 5. The van der Waals surface area contributed by atoms with Gasteiger partial charge in [0.25, 0.3) is 0 Å². The van der Waals surface area contributed by atoms with E-state index in [0.29, 0.717) is 0 Å². The quantitative estimate of drug-likeness (QED) is 0.787. The Bertz CT molecular complexity index is 899. The highest BCUT2D eigenvalue weighted by molar-refractivity contribution is 5.98. The summed E-state index contributed by atoms with van der Waals surface area (Å²) in [6, 6.07) is 14.2. The maximum Gasteiger partial charge on any atom is 0.328 e. The van der Waals surface area contributed by atoms with Gasteiger partial charge in [0.2, 0.25) is 5.91 Å². The number of rotatable bonds is 5. The van der Waals surface area contributed by atoms with Crippen molar-refractivity contribution in [2.75, 3.05) is 7.11 Å². The topological polar surface area (TPSA) is 81.7 Å². The molecule has 0 radical (unpaired) electrons. The molecule has 0 saturated heterocycles. The number of carbonyl (C=O) groups excluding carboxylic acids is 3. The van der Waals surface area contributed by atoms with E-state index in [1.807, 2.05) is 48.5 Å². The van der Waals surface area contributed by atoms with Gasteiger partial charge in [0, 0.05) is 0 Å². The largest absolute Gasteiger partial charge is 0.467 e. The fourth-order valence-corrected chi connectivity index (χ4v) is 3.58. The molecule has 1 atom stereocenters. The second kappa shape index (κ2) is 8.07. The van der Waals surface area contributed by atoms with Crippen LogP contribution in [0.3, 0.4) is 0 Å². The fraction of sp³-hybridized carbons (Fsp3) is 0.348. The van der Waals surface area contributed by atoms with E-state index in [2.05, 4.69) is 5.32 Å². The van der Waals surface area contributed by atoms with Crippen LogP contribution in [0.15, 0.2) is 48.5 Å². The first-order chi connectivity index (χ1) is 13.7. The van der Waals surface area contributed by atoms with Crippen molar-refractivity contribution >= 4 is 17.8 Å². The molecule has 6 nitrogen and oxygen atoms in total. The molecule has 2 aromatic rings. The summed E-state index contributed by atoms with van der Waals surface area (Å²) in [5.41, 5.74) is 3.03. The highest BCUT2D eigenvalue weighted by atomic mass is 16.6. The summed E-state index contributed by atoms with van der Waals surface area (Å²) in [6.45, 7) is 5.22. The van der Waals surface area contributed by atoms with E-state index in [0.717, 1.165) is 22.3 Å². The van der Waals surface area contributed by atoms with Crippen molar-refractivity contribution in [3.05, 3.63) is 59.7 Å². The van der Waals surface area contributed by atoms with Crippen molar-refractivity contribution in [3.8, 4) is 11.1 Å². The lowest BCUT2D eigenvalue weighted by Gasteiger charge is -2.23. The second-order valence-corrected chi connectivity index (χ2v) is 7.98. The van der Waals surface area contributed by atoms with E-state index in [1.54, 1.807) is 20.8 Å². The highest BCUT2D eigenvalue weighted by Crippen LogP contribution is 2.44. The molecule has 29 heavy (non-hydrogen) atoms. The second-order valence-electron chi connectivity index (χ2n) is 7.98. The van der Waals surface area contributed by atoms with Gasteiger partial charge >= 0.3 is 11.9 Å². The molecule has 0 bridgehead atoms. The lowest BCUT2D eigenvalue weighted by atomic mass is 9.95. The van der Waals surface area contributed by atoms with Crippen LogP contribution >= 0.6 is 0 Å². The Labute approximate surface area is 170 Å². The molecule has 1 aliphatic carbocycles. The molecule has 0 saturated carbocycles. The molecular formula is C23H25NO5. The Morgan fingerprint density at radius 3 is 1.97 bits per heavy atom. The third-order valence-corrected chi connectivity index (χ3v) is 4.69. The van der Waals surface area contributed by atoms with E-state index in [9.17, 15) is 14.4 Å². The molecule has 0 aromatic heterocycles. The SMILES string of the molecule is COC(=O)[C@@H](CC(=O)OC(C)(C)C)NC(=O)C1c2ccccc2-c2ccccc21. The van der Waals surface area contributed by atoms with E-state index >= 15 is 0 Å². The maximum atomic E-state index is 13.2. The molecule has 1 aliphatic rings. The predicted molar refractivity (Wildman–Crippen MR) is 108 cm³/mol. The molecule has 0 spiro atoms. The first-order valence-electron chi connectivity index (χ1n) is 9.49. The molecule has 2 aromatic carbocycles. The van der Waals surface area contributed by atoms with Crippen molar-refractivity contribution in [3.63, 3.8) is 0 Å². The first kappa shape index (κ1) is 20.6. The number of methoxy groups -OCH3 is 1. The number of ether oxygens (including phenoxy) is 2. The number of carbonyl (C=O) groups is 3. The number of esters is 2. The number of hydrogen-bond donors (Lipinski definition) is 1. The molecule has 1 N–H and O–H groups in total. The van der Waals surface area contributed by atoms with Crippen LogP contribution in [0.4, 0.5) is 0 Å². The van der Waals surface area contributed by atoms with Crippen LogP contribution < -0.4 is 5.32 Å². The Kier molecular flexibility index (Phi) is 5.73. The van der Waals surface area contributed by atoms with Gasteiger partial charge in [-0.2, -0.15) is 0 Å². The molecule has 3 rings (SSSR count). The summed E-state index contributed by atoms with van der Waals surface area (Å²) >= 11 is 0. The van der Waals surface area contributed by atoms with Crippen LogP contribution in [0.2, 0.25) is 0 Å². The molecule has 0 unspecified atom stereocenters. The molecule has 0 heterocycles. The Morgan fingerprint density at radius 2 is 1.48 bits per heavy atom. The number of nitrogens with one attached hydrogen (secondary N) is 1. The lowest BCUT2D eigenvalue weighted by molar-refractivity contribution is -0.159. The minimum Gasteiger partial charge on any atom is -0.467 e. The van der Waals surface area contributed by atoms with Crippen molar-refractivity contribution < 1.29 is 23.9 Å². The highest BCUT2D eigenvalue weighted by Gasteiger charge is 2.36. The fourth-order valence-electron chi connectivity index (χ4n) is 3.58. The summed E-state index contributed by atoms with van der Waals surface area (Å²) in [5, 5.41) is 2.69.